The minimum atomic E-state index is 0. The Kier molecular flexibility index (Phi) is 10.6. The van der Waals surface area contributed by atoms with Crippen molar-refractivity contribution in [2.45, 2.75) is 32.2 Å². The molecule has 0 aromatic heterocycles. The number of hydrogen-bond donors (Lipinski definition) is 2. The molecule has 1 fully saturated rings. The van der Waals surface area contributed by atoms with Crippen molar-refractivity contribution in [3.8, 4) is 11.5 Å². The van der Waals surface area contributed by atoms with Crippen molar-refractivity contribution in [1.82, 2.24) is 10.2 Å². The smallest absolute Gasteiger partial charge is 0.162 e. The largest absolute Gasteiger partial charge is 0.504 e. The molecule has 0 saturated carbocycles. The Labute approximate surface area is 146 Å². The highest BCUT2D eigenvalue weighted by atomic mass is 35.5. The number of halogens is 2. The van der Waals surface area contributed by atoms with Crippen LogP contribution in [-0.2, 0) is 0 Å². The second-order valence-corrected chi connectivity index (χ2v) is 5.34. The van der Waals surface area contributed by atoms with Gasteiger partial charge in [-0.2, -0.15) is 0 Å². The van der Waals surface area contributed by atoms with Gasteiger partial charge in [-0.1, -0.05) is 31.9 Å². The molecule has 0 aliphatic carbocycles. The standard InChI is InChI=1S/C16H26N2O2.2ClH/c1-3-4-7-14(18-11-9-17-10-12-18)13-6-5-8-15(20-2)16(13)19;;/h5-6,8,14,17,19H,3-4,7,9-12H2,1-2H3;2*1H/t14-;;/m0../s1. The first-order valence-electron chi connectivity index (χ1n) is 7.58. The lowest BCUT2D eigenvalue weighted by Gasteiger charge is -2.35. The van der Waals surface area contributed by atoms with E-state index < -0.39 is 0 Å². The van der Waals surface area contributed by atoms with Crippen LogP contribution >= 0.6 is 24.8 Å². The molecule has 1 aromatic carbocycles. The molecule has 0 spiro atoms. The van der Waals surface area contributed by atoms with Crippen LogP contribution in [0.4, 0.5) is 0 Å². The molecule has 4 nitrogen and oxygen atoms in total. The zero-order chi connectivity index (χ0) is 14.4. The molecule has 1 heterocycles. The lowest BCUT2D eigenvalue weighted by Crippen LogP contribution is -2.45. The van der Waals surface area contributed by atoms with Gasteiger partial charge in [0, 0.05) is 37.8 Å². The summed E-state index contributed by atoms with van der Waals surface area (Å²) in [5.74, 6) is 0.869. The van der Waals surface area contributed by atoms with Crippen molar-refractivity contribution < 1.29 is 9.84 Å². The Balaban J connectivity index is 0.00000220. The highest BCUT2D eigenvalue weighted by Crippen LogP contribution is 2.38. The summed E-state index contributed by atoms with van der Waals surface area (Å²) < 4.78 is 5.25. The maximum Gasteiger partial charge on any atom is 0.162 e. The molecule has 1 aliphatic rings. The van der Waals surface area contributed by atoms with Gasteiger partial charge in [-0.25, -0.2) is 0 Å². The fraction of sp³-hybridized carbons (Fsp3) is 0.625. The third-order valence-electron chi connectivity index (χ3n) is 4.03. The summed E-state index contributed by atoms with van der Waals surface area (Å²) in [7, 11) is 1.60. The summed E-state index contributed by atoms with van der Waals surface area (Å²) in [6, 6.07) is 6.09. The van der Waals surface area contributed by atoms with Crippen molar-refractivity contribution in [3.63, 3.8) is 0 Å². The van der Waals surface area contributed by atoms with E-state index in [2.05, 4.69) is 17.1 Å². The average molecular weight is 351 g/mol. The van der Waals surface area contributed by atoms with Crippen LogP contribution in [0.1, 0.15) is 37.8 Å². The number of ether oxygens (including phenoxy) is 1. The van der Waals surface area contributed by atoms with Gasteiger partial charge in [0.2, 0.25) is 0 Å². The van der Waals surface area contributed by atoms with E-state index in [-0.39, 0.29) is 30.9 Å². The molecular formula is C16H28Cl2N2O2. The van der Waals surface area contributed by atoms with Gasteiger partial charge >= 0.3 is 0 Å². The minimum absolute atomic E-state index is 0. The Morgan fingerprint density at radius 1 is 1.27 bits per heavy atom. The molecule has 128 valence electrons. The molecule has 6 heteroatoms. The Bertz CT molecular complexity index is 427. The number of para-hydroxylation sites is 1. The van der Waals surface area contributed by atoms with Gasteiger partial charge in [0.25, 0.3) is 0 Å². The molecule has 1 saturated heterocycles. The number of methoxy groups -OCH3 is 1. The number of benzene rings is 1. The molecule has 0 bridgehead atoms. The van der Waals surface area contributed by atoms with Gasteiger partial charge in [-0.3, -0.25) is 4.90 Å². The van der Waals surface area contributed by atoms with Crippen LogP contribution in [0, 0.1) is 0 Å². The van der Waals surface area contributed by atoms with Gasteiger partial charge in [0.05, 0.1) is 7.11 Å². The van der Waals surface area contributed by atoms with E-state index in [0.29, 0.717) is 11.5 Å². The van der Waals surface area contributed by atoms with Crippen LogP contribution in [0.5, 0.6) is 11.5 Å². The average Bonchev–Trinajstić information content (AvgIpc) is 2.50. The highest BCUT2D eigenvalue weighted by Gasteiger charge is 2.25. The maximum absolute atomic E-state index is 10.4. The molecule has 0 unspecified atom stereocenters. The second-order valence-electron chi connectivity index (χ2n) is 5.34. The van der Waals surface area contributed by atoms with Crippen molar-refractivity contribution in [2.75, 3.05) is 33.3 Å². The van der Waals surface area contributed by atoms with E-state index in [1.807, 2.05) is 18.2 Å². The predicted octanol–water partition coefficient (Wildman–Crippen LogP) is 3.38. The lowest BCUT2D eigenvalue weighted by atomic mass is 9.97. The van der Waals surface area contributed by atoms with Crippen molar-refractivity contribution in [2.24, 2.45) is 0 Å². The SMILES string of the molecule is CCCC[C@@H](c1cccc(OC)c1O)N1CCNCC1.Cl.Cl. The summed E-state index contributed by atoms with van der Waals surface area (Å²) in [6.45, 7) is 6.32. The van der Waals surface area contributed by atoms with Crippen LogP contribution in [0.15, 0.2) is 18.2 Å². The van der Waals surface area contributed by atoms with Gasteiger partial charge in [-0.15, -0.1) is 24.8 Å². The Hall–Kier alpha value is -0.680. The van der Waals surface area contributed by atoms with Crippen LogP contribution in [-0.4, -0.2) is 43.3 Å². The van der Waals surface area contributed by atoms with E-state index in [1.165, 1.54) is 12.8 Å². The molecule has 1 atom stereocenters. The van der Waals surface area contributed by atoms with E-state index in [1.54, 1.807) is 7.11 Å². The van der Waals surface area contributed by atoms with E-state index in [0.717, 1.165) is 38.2 Å². The fourth-order valence-electron chi connectivity index (χ4n) is 2.90. The number of phenols is 1. The molecular weight excluding hydrogens is 323 g/mol. The fourth-order valence-corrected chi connectivity index (χ4v) is 2.90. The van der Waals surface area contributed by atoms with Crippen LogP contribution in [0.3, 0.4) is 0 Å². The molecule has 22 heavy (non-hydrogen) atoms. The number of rotatable bonds is 6. The Morgan fingerprint density at radius 2 is 1.95 bits per heavy atom. The zero-order valence-corrected chi connectivity index (χ0v) is 15.0. The zero-order valence-electron chi connectivity index (χ0n) is 13.4. The molecule has 1 aromatic rings. The topological polar surface area (TPSA) is 44.7 Å². The summed E-state index contributed by atoms with van der Waals surface area (Å²) in [5, 5.41) is 13.8. The predicted molar refractivity (Wildman–Crippen MR) is 95.9 cm³/mol. The number of aromatic hydroxyl groups is 1. The summed E-state index contributed by atoms with van der Waals surface area (Å²) in [4.78, 5) is 2.47. The lowest BCUT2D eigenvalue weighted by molar-refractivity contribution is 0.160. The van der Waals surface area contributed by atoms with Gasteiger partial charge in [-0.05, 0) is 12.5 Å². The monoisotopic (exact) mass is 350 g/mol. The van der Waals surface area contributed by atoms with Crippen LogP contribution in [0.25, 0.3) is 0 Å². The first kappa shape index (κ1) is 21.3. The number of hydrogen-bond acceptors (Lipinski definition) is 4. The summed E-state index contributed by atoms with van der Waals surface area (Å²) in [6.07, 6.45) is 3.43. The Morgan fingerprint density at radius 3 is 2.55 bits per heavy atom. The second kappa shape index (κ2) is 10.9. The molecule has 0 amide bonds. The van der Waals surface area contributed by atoms with Crippen molar-refractivity contribution in [3.05, 3.63) is 23.8 Å². The van der Waals surface area contributed by atoms with Crippen molar-refractivity contribution in [1.29, 1.82) is 0 Å². The van der Waals surface area contributed by atoms with E-state index in [9.17, 15) is 5.11 Å². The third kappa shape index (κ3) is 5.20. The number of phenolic OH excluding ortho intramolecular Hbond substituents is 1. The van der Waals surface area contributed by atoms with Crippen molar-refractivity contribution >= 4 is 24.8 Å². The third-order valence-corrected chi connectivity index (χ3v) is 4.03. The number of nitrogens with zero attached hydrogens (tertiary/aromatic N) is 1. The highest BCUT2D eigenvalue weighted by molar-refractivity contribution is 5.85. The summed E-state index contributed by atoms with van der Waals surface area (Å²) in [5.41, 5.74) is 1.000. The van der Waals surface area contributed by atoms with Crippen LogP contribution < -0.4 is 10.1 Å². The number of piperazine rings is 1. The van der Waals surface area contributed by atoms with Gasteiger partial charge in [0.1, 0.15) is 0 Å². The first-order chi connectivity index (χ1) is 9.77. The summed E-state index contributed by atoms with van der Waals surface area (Å²) >= 11 is 0. The minimum Gasteiger partial charge on any atom is -0.504 e. The van der Waals surface area contributed by atoms with E-state index >= 15 is 0 Å². The molecule has 2 N–H and O–H groups in total. The molecule has 2 rings (SSSR count). The quantitative estimate of drug-likeness (QED) is 0.825. The maximum atomic E-state index is 10.4. The molecule has 1 aliphatic heterocycles. The number of nitrogens with one attached hydrogen (secondary N) is 1. The van der Waals surface area contributed by atoms with Gasteiger partial charge < -0.3 is 15.2 Å². The van der Waals surface area contributed by atoms with Crippen LogP contribution in [0.2, 0.25) is 0 Å². The molecule has 0 radical (unpaired) electrons. The normalized spacial score (nSPS) is 16.3. The first-order valence-corrected chi connectivity index (χ1v) is 7.58. The van der Waals surface area contributed by atoms with E-state index in [4.69, 9.17) is 4.74 Å². The number of unbranched alkanes of at least 4 members (excludes halogenated alkanes) is 1. The van der Waals surface area contributed by atoms with Gasteiger partial charge in [0.15, 0.2) is 11.5 Å².